The summed E-state index contributed by atoms with van der Waals surface area (Å²) in [6.07, 6.45) is 2.71. The highest BCUT2D eigenvalue weighted by Gasteiger charge is 2.44. The lowest BCUT2D eigenvalue weighted by Gasteiger charge is -2.34. The lowest BCUT2D eigenvalue weighted by Crippen LogP contribution is -2.54. The zero-order valence-electron chi connectivity index (χ0n) is 26.0. The highest BCUT2D eigenvalue weighted by atomic mass is 19.3. The SMILES string of the molecule is CCC(=O)N[C@H](Cc1ccc(NC(=O)[C@@H](NC(=O)C(F)(F)c2cccc(C#N)c2)C2CCCC2)c(F)c1)C(=O)N1CCN(C)CC1. The molecule has 2 aliphatic rings. The van der Waals surface area contributed by atoms with E-state index in [-0.39, 0.29) is 35.9 Å². The molecular weight excluding hydrogens is 601 g/mol. The van der Waals surface area contributed by atoms with Crippen LogP contribution in [0.2, 0.25) is 0 Å². The Kier molecular flexibility index (Phi) is 11.4. The molecule has 1 saturated carbocycles. The van der Waals surface area contributed by atoms with Crippen molar-refractivity contribution in [2.75, 3.05) is 38.5 Å². The Balaban J connectivity index is 1.48. The third kappa shape index (κ3) is 8.42. The molecule has 4 amide bonds. The van der Waals surface area contributed by atoms with Crippen molar-refractivity contribution in [1.29, 1.82) is 5.26 Å². The van der Waals surface area contributed by atoms with Crippen LogP contribution in [0.5, 0.6) is 0 Å². The molecule has 1 saturated heterocycles. The summed E-state index contributed by atoms with van der Waals surface area (Å²) < 4.78 is 45.6. The Hall–Kier alpha value is -4.44. The molecule has 2 fully saturated rings. The van der Waals surface area contributed by atoms with Gasteiger partial charge < -0.3 is 25.8 Å². The summed E-state index contributed by atoms with van der Waals surface area (Å²) in [6, 6.07) is 7.98. The largest absolute Gasteiger partial charge is 0.349 e. The van der Waals surface area contributed by atoms with Crippen LogP contribution in [0.4, 0.5) is 18.9 Å². The van der Waals surface area contributed by atoms with Crippen molar-refractivity contribution in [2.45, 2.75) is 63.5 Å². The highest BCUT2D eigenvalue weighted by molar-refractivity contribution is 5.98. The number of benzene rings is 2. The van der Waals surface area contributed by atoms with Crippen LogP contribution in [-0.4, -0.2) is 78.7 Å². The number of alkyl halides is 2. The average molecular weight is 641 g/mol. The standard InChI is InChI=1S/C33H39F3N6O4/c1-3-28(43)38-27(31(45)42-15-13-41(2)14-16-42)19-21-11-12-26(25(34)18-21)39-30(44)29(23-8-4-5-9-23)40-32(46)33(35,36)24-10-6-7-22(17-24)20-37/h6-7,10-12,17-18,23,27,29H,3-5,8-9,13-16,19H2,1-2H3,(H,38,43)(H,39,44)(H,40,46)/t27-,29+/m1/s1. The molecule has 1 heterocycles. The molecule has 0 unspecified atom stereocenters. The first-order valence-corrected chi connectivity index (χ1v) is 15.5. The van der Waals surface area contributed by atoms with E-state index in [2.05, 4.69) is 20.9 Å². The number of rotatable bonds is 11. The molecule has 1 aliphatic heterocycles. The van der Waals surface area contributed by atoms with Crippen LogP contribution in [0.3, 0.4) is 0 Å². The fraction of sp³-hybridized carbons (Fsp3) is 0.485. The number of likely N-dealkylation sites (N-methyl/N-ethyl adjacent to an activating group) is 1. The van der Waals surface area contributed by atoms with Gasteiger partial charge >= 0.3 is 5.92 Å². The lowest BCUT2D eigenvalue weighted by molar-refractivity contribution is -0.149. The summed E-state index contributed by atoms with van der Waals surface area (Å²) in [5.74, 6) is -8.41. The first-order valence-electron chi connectivity index (χ1n) is 15.5. The second-order valence-corrected chi connectivity index (χ2v) is 11.9. The first kappa shape index (κ1) is 34.4. The fourth-order valence-corrected chi connectivity index (χ4v) is 5.81. The molecule has 0 bridgehead atoms. The second-order valence-electron chi connectivity index (χ2n) is 11.9. The summed E-state index contributed by atoms with van der Waals surface area (Å²) in [4.78, 5) is 55.5. The van der Waals surface area contributed by atoms with Gasteiger partial charge in [-0.25, -0.2) is 4.39 Å². The van der Waals surface area contributed by atoms with Gasteiger partial charge in [0.15, 0.2) is 0 Å². The molecule has 46 heavy (non-hydrogen) atoms. The number of piperazine rings is 1. The van der Waals surface area contributed by atoms with Crippen molar-refractivity contribution in [3.8, 4) is 6.07 Å². The van der Waals surface area contributed by atoms with Gasteiger partial charge in [-0.3, -0.25) is 19.2 Å². The van der Waals surface area contributed by atoms with Crippen molar-refractivity contribution in [2.24, 2.45) is 5.92 Å². The molecule has 2 aromatic carbocycles. The number of nitrogens with zero attached hydrogens (tertiary/aromatic N) is 3. The molecule has 2 aromatic rings. The maximum absolute atomic E-state index is 15.3. The Morgan fingerprint density at radius 2 is 1.72 bits per heavy atom. The molecule has 3 N–H and O–H groups in total. The summed E-state index contributed by atoms with van der Waals surface area (Å²) >= 11 is 0. The maximum Gasteiger partial charge on any atom is 0.349 e. The van der Waals surface area contributed by atoms with E-state index in [0.717, 1.165) is 31.0 Å². The van der Waals surface area contributed by atoms with Crippen molar-refractivity contribution < 1.29 is 32.3 Å². The Morgan fingerprint density at radius 3 is 2.35 bits per heavy atom. The van der Waals surface area contributed by atoms with Gasteiger partial charge in [0.2, 0.25) is 17.7 Å². The van der Waals surface area contributed by atoms with Gasteiger partial charge in [0.05, 0.1) is 17.3 Å². The lowest BCUT2D eigenvalue weighted by atomic mass is 9.96. The van der Waals surface area contributed by atoms with E-state index >= 15 is 13.2 Å². The highest BCUT2D eigenvalue weighted by Crippen LogP contribution is 2.32. The smallest absolute Gasteiger partial charge is 0.344 e. The molecule has 0 radical (unpaired) electrons. The number of halogens is 3. The second kappa shape index (κ2) is 15.2. The summed E-state index contributed by atoms with van der Waals surface area (Å²) in [7, 11) is 1.96. The Morgan fingerprint density at radius 1 is 1.02 bits per heavy atom. The Bertz CT molecular complexity index is 1480. The third-order valence-electron chi connectivity index (χ3n) is 8.58. The van der Waals surface area contributed by atoms with Crippen LogP contribution in [0.15, 0.2) is 42.5 Å². The van der Waals surface area contributed by atoms with Crippen molar-refractivity contribution in [3.63, 3.8) is 0 Å². The van der Waals surface area contributed by atoms with Crippen LogP contribution in [0.1, 0.15) is 55.7 Å². The monoisotopic (exact) mass is 640 g/mol. The quantitative estimate of drug-likeness (QED) is 0.345. The van der Waals surface area contributed by atoms with Crippen molar-refractivity contribution >= 4 is 29.3 Å². The van der Waals surface area contributed by atoms with Crippen LogP contribution in [-0.2, 0) is 31.5 Å². The molecule has 246 valence electrons. The number of nitriles is 1. The Labute approximate surface area is 266 Å². The molecular formula is C33H39F3N6O4. The minimum absolute atomic E-state index is 0.0187. The third-order valence-corrected chi connectivity index (χ3v) is 8.58. The van der Waals surface area contributed by atoms with Crippen LogP contribution in [0, 0.1) is 23.1 Å². The fourth-order valence-electron chi connectivity index (χ4n) is 5.81. The molecule has 0 spiro atoms. The van der Waals surface area contributed by atoms with E-state index in [1.807, 2.05) is 7.05 Å². The number of hydrogen-bond acceptors (Lipinski definition) is 6. The summed E-state index contributed by atoms with van der Waals surface area (Å²) in [6.45, 7) is 4.06. The van der Waals surface area contributed by atoms with E-state index in [4.69, 9.17) is 5.26 Å². The van der Waals surface area contributed by atoms with E-state index in [9.17, 15) is 19.2 Å². The van der Waals surface area contributed by atoms with Gasteiger partial charge in [0, 0.05) is 44.6 Å². The van der Waals surface area contributed by atoms with E-state index < -0.39 is 47.1 Å². The van der Waals surface area contributed by atoms with E-state index in [1.54, 1.807) is 17.9 Å². The maximum atomic E-state index is 15.3. The predicted octanol–water partition coefficient (Wildman–Crippen LogP) is 3.31. The molecule has 2 atom stereocenters. The topological polar surface area (TPSA) is 135 Å². The van der Waals surface area contributed by atoms with Gasteiger partial charge in [0.1, 0.15) is 17.9 Å². The molecule has 1 aliphatic carbocycles. The van der Waals surface area contributed by atoms with Gasteiger partial charge in [-0.05, 0) is 55.6 Å². The van der Waals surface area contributed by atoms with Crippen molar-refractivity contribution in [1.82, 2.24) is 20.4 Å². The molecule has 10 nitrogen and oxygen atoms in total. The normalized spacial score (nSPS) is 17.1. The van der Waals surface area contributed by atoms with Crippen molar-refractivity contribution in [3.05, 3.63) is 65.0 Å². The molecule has 0 aromatic heterocycles. The zero-order valence-corrected chi connectivity index (χ0v) is 26.0. The van der Waals surface area contributed by atoms with Gasteiger partial charge in [-0.15, -0.1) is 0 Å². The van der Waals surface area contributed by atoms with Crippen LogP contribution >= 0.6 is 0 Å². The minimum Gasteiger partial charge on any atom is -0.344 e. The zero-order chi connectivity index (χ0) is 33.4. The average Bonchev–Trinajstić information content (AvgIpc) is 3.59. The predicted molar refractivity (Wildman–Crippen MR) is 164 cm³/mol. The number of nitrogens with one attached hydrogen (secondary N) is 3. The van der Waals surface area contributed by atoms with Crippen LogP contribution < -0.4 is 16.0 Å². The number of amides is 4. The van der Waals surface area contributed by atoms with E-state index in [1.165, 1.54) is 24.3 Å². The molecule has 4 rings (SSSR count). The minimum atomic E-state index is -4.03. The van der Waals surface area contributed by atoms with E-state index in [0.29, 0.717) is 44.6 Å². The summed E-state index contributed by atoms with van der Waals surface area (Å²) in [5.41, 5.74) is -0.550. The van der Waals surface area contributed by atoms with Gasteiger partial charge in [-0.1, -0.05) is 38.0 Å². The number of anilines is 1. The number of carbonyl (C=O) groups is 4. The number of hydrogen-bond donors (Lipinski definition) is 3. The van der Waals surface area contributed by atoms with Gasteiger partial charge in [-0.2, -0.15) is 14.0 Å². The number of carbonyl (C=O) groups excluding carboxylic acids is 4. The summed E-state index contributed by atoms with van der Waals surface area (Å²) in [5, 5.41) is 16.4. The van der Waals surface area contributed by atoms with Crippen LogP contribution in [0.25, 0.3) is 0 Å². The molecule has 13 heteroatoms. The van der Waals surface area contributed by atoms with Gasteiger partial charge in [0.25, 0.3) is 5.91 Å². The first-order chi connectivity index (χ1) is 21.9.